The molecule has 6 nitrogen and oxygen atoms in total. The van der Waals surface area contributed by atoms with Crippen molar-refractivity contribution in [1.29, 1.82) is 0 Å². The Hall–Kier alpha value is -3.15. The molecule has 1 heterocycles. The van der Waals surface area contributed by atoms with Gasteiger partial charge in [-0.3, -0.25) is 4.79 Å². The highest BCUT2D eigenvalue weighted by atomic mass is 16.5. The van der Waals surface area contributed by atoms with Crippen molar-refractivity contribution in [2.24, 2.45) is 0 Å². The third kappa shape index (κ3) is 4.16. The monoisotopic (exact) mass is 369 g/mol. The lowest BCUT2D eigenvalue weighted by Gasteiger charge is -2.15. The lowest BCUT2D eigenvalue weighted by atomic mass is 10.1. The summed E-state index contributed by atoms with van der Waals surface area (Å²) in [6, 6.07) is 12.8. The summed E-state index contributed by atoms with van der Waals surface area (Å²) in [5, 5.41) is 3.72. The number of carbonyl (C=O) groups is 1. The van der Waals surface area contributed by atoms with Gasteiger partial charge in [0.15, 0.2) is 5.76 Å². The van der Waals surface area contributed by atoms with Gasteiger partial charge in [0, 0.05) is 10.9 Å². The SMILES string of the molecule is COc1ccc(OC(C)CNC(=O)c2oc3ccc(OC)cc3c2C)cc1. The summed E-state index contributed by atoms with van der Waals surface area (Å²) in [5.74, 6) is 2.23. The second-order valence-corrected chi connectivity index (χ2v) is 6.23. The van der Waals surface area contributed by atoms with Crippen LogP contribution in [0.15, 0.2) is 46.9 Å². The normalized spacial score (nSPS) is 11.9. The highest BCUT2D eigenvalue weighted by molar-refractivity contribution is 5.99. The Labute approximate surface area is 158 Å². The first-order valence-electron chi connectivity index (χ1n) is 8.68. The molecule has 0 aliphatic heterocycles. The van der Waals surface area contributed by atoms with E-state index in [0.29, 0.717) is 23.6 Å². The molecular weight excluding hydrogens is 346 g/mol. The van der Waals surface area contributed by atoms with Crippen LogP contribution in [0.2, 0.25) is 0 Å². The van der Waals surface area contributed by atoms with Gasteiger partial charge in [0.2, 0.25) is 0 Å². The summed E-state index contributed by atoms with van der Waals surface area (Å²) >= 11 is 0. The van der Waals surface area contributed by atoms with Crippen molar-refractivity contribution in [3.05, 3.63) is 53.8 Å². The fourth-order valence-electron chi connectivity index (χ4n) is 2.79. The highest BCUT2D eigenvalue weighted by Crippen LogP contribution is 2.28. The van der Waals surface area contributed by atoms with Gasteiger partial charge in [-0.2, -0.15) is 0 Å². The van der Waals surface area contributed by atoms with Gasteiger partial charge >= 0.3 is 0 Å². The van der Waals surface area contributed by atoms with Crippen molar-refractivity contribution in [1.82, 2.24) is 5.32 Å². The molecule has 27 heavy (non-hydrogen) atoms. The van der Waals surface area contributed by atoms with Crippen LogP contribution in [0.5, 0.6) is 17.2 Å². The molecule has 6 heteroatoms. The summed E-state index contributed by atoms with van der Waals surface area (Å²) in [7, 11) is 3.22. The summed E-state index contributed by atoms with van der Waals surface area (Å²) in [6.45, 7) is 4.10. The van der Waals surface area contributed by atoms with Gasteiger partial charge in [-0.1, -0.05) is 0 Å². The van der Waals surface area contributed by atoms with E-state index < -0.39 is 0 Å². The average Bonchev–Trinajstić information content (AvgIpc) is 3.02. The van der Waals surface area contributed by atoms with E-state index in [9.17, 15) is 4.79 Å². The zero-order chi connectivity index (χ0) is 19.4. The van der Waals surface area contributed by atoms with Crippen molar-refractivity contribution in [2.75, 3.05) is 20.8 Å². The van der Waals surface area contributed by atoms with Gasteiger partial charge < -0.3 is 23.9 Å². The number of carbonyl (C=O) groups excluding carboxylic acids is 1. The van der Waals surface area contributed by atoms with Gasteiger partial charge in [-0.05, 0) is 56.3 Å². The number of benzene rings is 2. The molecule has 1 amide bonds. The van der Waals surface area contributed by atoms with E-state index in [1.807, 2.05) is 44.2 Å². The fraction of sp³-hybridized carbons (Fsp3) is 0.286. The minimum absolute atomic E-state index is 0.202. The summed E-state index contributed by atoms with van der Waals surface area (Å²) < 4.78 is 21.9. The summed E-state index contributed by atoms with van der Waals surface area (Å²) in [5.41, 5.74) is 1.44. The van der Waals surface area contributed by atoms with Crippen LogP contribution < -0.4 is 19.5 Å². The van der Waals surface area contributed by atoms with E-state index in [0.717, 1.165) is 22.4 Å². The Morgan fingerprint density at radius 2 is 1.67 bits per heavy atom. The molecule has 2 aromatic carbocycles. The topological polar surface area (TPSA) is 69.9 Å². The average molecular weight is 369 g/mol. The first kappa shape index (κ1) is 18.6. The maximum Gasteiger partial charge on any atom is 0.287 e. The maximum atomic E-state index is 12.5. The number of furan rings is 1. The molecule has 1 N–H and O–H groups in total. The molecule has 3 aromatic rings. The number of fused-ring (bicyclic) bond motifs is 1. The Balaban J connectivity index is 1.63. The molecule has 0 bridgehead atoms. The molecule has 0 saturated heterocycles. The number of aryl methyl sites for hydroxylation is 1. The molecule has 0 saturated carbocycles. The fourth-order valence-corrected chi connectivity index (χ4v) is 2.79. The zero-order valence-electron chi connectivity index (χ0n) is 15.9. The molecule has 0 aliphatic carbocycles. The predicted molar refractivity (Wildman–Crippen MR) is 103 cm³/mol. The first-order valence-corrected chi connectivity index (χ1v) is 8.68. The van der Waals surface area contributed by atoms with Crippen molar-refractivity contribution in [3.8, 4) is 17.2 Å². The van der Waals surface area contributed by atoms with Gasteiger partial charge in [0.25, 0.3) is 5.91 Å². The number of methoxy groups -OCH3 is 2. The Morgan fingerprint density at radius 3 is 2.33 bits per heavy atom. The second-order valence-electron chi connectivity index (χ2n) is 6.23. The van der Waals surface area contributed by atoms with Gasteiger partial charge in [-0.15, -0.1) is 0 Å². The molecular formula is C21H23NO5. The number of ether oxygens (including phenoxy) is 3. The standard InChI is InChI=1S/C21H23NO5/c1-13(26-16-7-5-15(24-3)6-8-16)12-22-21(23)20-14(2)18-11-17(25-4)9-10-19(18)27-20/h5-11,13H,12H2,1-4H3,(H,22,23). The Morgan fingerprint density at radius 1 is 1.04 bits per heavy atom. The van der Waals surface area contributed by atoms with Crippen molar-refractivity contribution < 1.29 is 23.4 Å². The van der Waals surface area contributed by atoms with Crippen molar-refractivity contribution >= 4 is 16.9 Å². The number of amides is 1. The third-order valence-corrected chi connectivity index (χ3v) is 4.30. The van der Waals surface area contributed by atoms with E-state index in [1.165, 1.54) is 0 Å². The van der Waals surface area contributed by atoms with E-state index >= 15 is 0 Å². The third-order valence-electron chi connectivity index (χ3n) is 4.30. The molecule has 1 atom stereocenters. The second kappa shape index (κ2) is 8.03. The van der Waals surface area contributed by atoms with Crippen LogP contribution in [0.1, 0.15) is 23.0 Å². The maximum absolute atomic E-state index is 12.5. The lowest BCUT2D eigenvalue weighted by Crippen LogP contribution is -2.33. The largest absolute Gasteiger partial charge is 0.497 e. The van der Waals surface area contributed by atoms with Crippen LogP contribution in [0.3, 0.4) is 0 Å². The molecule has 0 aliphatic rings. The summed E-state index contributed by atoms with van der Waals surface area (Å²) in [6.07, 6.45) is -0.202. The smallest absolute Gasteiger partial charge is 0.287 e. The van der Waals surface area contributed by atoms with Crippen LogP contribution in [-0.4, -0.2) is 32.8 Å². The molecule has 0 spiro atoms. The molecule has 3 rings (SSSR count). The van der Waals surface area contributed by atoms with Gasteiger partial charge in [0.05, 0.1) is 20.8 Å². The van der Waals surface area contributed by atoms with E-state index in [4.69, 9.17) is 18.6 Å². The highest BCUT2D eigenvalue weighted by Gasteiger charge is 2.18. The molecule has 1 aromatic heterocycles. The first-order chi connectivity index (χ1) is 13.0. The molecule has 1 unspecified atom stereocenters. The van der Waals surface area contributed by atoms with Crippen LogP contribution in [0.25, 0.3) is 11.0 Å². The quantitative estimate of drug-likeness (QED) is 0.683. The summed E-state index contributed by atoms with van der Waals surface area (Å²) in [4.78, 5) is 12.5. The van der Waals surface area contributed by atoms with Crippen LogP contribution in [0.4, 0.5) is 0 Å². The van der Waals surface area contributed by atoms with E-state index in [2.05, 4.69) is 5.32 Å². The minimum atomic E-state index is -0.271. The van der Waals surface area contributed by atoms with Crippen LogP contribution in [-0.2, 0) is 0 Å². The number of nitrogens with one attached hydrogen (secondary N) is 1. The van der Waals surface area contributed by atoms with Crippen LogP contribution >= 0.6 is 0 Å². The van der Waals surface area contributed by atoms with Crippen LogP contribution in [0, 0.1) is 6.92 Å². The predicted octanol–water partition coefficient (Wildman–Crippen LogP) is 3.96. The Kier molecular flexibility index (Phi) is 5.54. The zero-order valence-corrected chi connectivity index (χ0v) is 15.9. The number of hydrogen-bond donors (Lipinski definition) is 1. The van der Waals surface area contributed by atoms with Crippen molar-refractivity contribution in [3.63, 3.8) is 0 Å². The minimum Gasteiger partial charge on any atom is -0.497 e. The van der Waals surface area contributed by atoms with Gasteiger partial charge in [0.1, 0.15) is 28.9 Å². The number of rotatable bonds is 7. The van der Waals surface area contributed by atoms with E-state index in [-0.39, 0.29) is 12.0 Å². The molecule has 0 radical (unpaired) electrons. The van der Waals surface area contributed by atoms with Gasteiger partial charge in [-0.25, -0.2) is 0 Å². The lowest BCUT2D eigenvalue weighted by molar-refractivity contribution is 0.0906. The van der Waals surface area contributed by atoms with E-state index in [1.54, 1.807) is 26.4 Å². The molecule has 0 fully saturated rings. The van der Waals surface area contributed by atoms with Crippen molar-refractivity contribution in [2.45, 2.75) is 20.0 Å². The number of hydrogen-bond acceptors (Lipinski definition) is 5. The Bertz CT molecular complexity index is 930. The molecule has 142 valence electrons.